The van der Waals surface area contributed by atoms with Crippen LogP contribution in [0.4, 0.5) is 5.69 Å². The van der Waals surface area contributed by atoms with Crippen LogP contribution in [-0.2, 0) is 10.2 Å². The van der Waals surface area contributed by atoms with Crippen molar-refractivity contribution < 1.29 is 4.79 Å². The van der Waals surface area contributed by atoms with Gasteiger partial charge in [-0.05, 0) is 25.0 Å². The highest BCUT2D eigenvalue weighted by Crippen LogP contribution is 2.62. The lowest BCUT2D eigenvalue weighted by Crippen LogP contribution is -2.21. The first kappa shape index (κ1) is 13.1. The number of fused-ring (bicyclic) bond motifs is 2. The second-order valence-electron chi connectivity index (χ2n) is 6.09. The quantitative estimate of drug-likeness (QED) is 0.853. The molecule has 2 unspecified atom stereocenters. The fourth-order valence-electron chi connectivity index (χ4n) is 3.44. The van der Waals surface area contributed by atoms with E-state index in [9.17, 15) is 4.79 Å². The molecule has 110 valence electrons. The number of H-pyrrole nitrogens is 1. The van der Waals surface area contributed by atoms with Gasteiger partial charge in [-0.2, -0.15) is 5.10 Å². The van der Waals surface area contributed by atoms with Gasteiger partial charge in [0, 0.05) is 22.9 Å². The van der Waals surface area contributed by atoms with Crippen LogP contribution < -0.4 is 5.32 Å². The third-order valence-electron chi connectivity index (χ3n) is 4.82. The molecule has 2 N–H and O–H groups in total. The zero-order valence-corrected chi connectivity index (χ0v) is 12.4. The average Bonchev–Trinajstić information content (AvgIpc) is 3.05. The summed E-state index contributed by atoms with van der Waals surface area (Å²) in [6.45, 7) is 6.16. The van der Waals surface area contributed by atoms with Crippen molar-refractivity contribution in [1.29, 1.82) is 0 Å². The number of para-hydroxylation sites is 1. The number of carbonyl (C=O) groups is 1. The van der Waals surface area contributed by atoms with Crippen LogP contribution in [0.15, 0.2) is 48.7 Å². The molecule has 1 amide bonds. The maximum absolute atomic E-state index is 12.4. The van der Waals surface area contributed by atoms with E-state index in [0.717, 1.165) is 34.5 Å². The number of benzene rings is 1. The van der Waals surface area contributed by atoms with E-state index in [1.807, 2.05) is 43.3 Å². The average molecular weight is 291 g/mol. The van der Waals surface area contributed by atoms with Gasteiger partial charge >= 0.3 is 0 Å². The Kier molecular flexibility index (Phi) is 2.64. The molecular formula is C18H17N3O. The van der Waals surface area contributed by atoms with Crippen molar-refractivity contribution in [3.05, 3.63) is 65.5 Å². The van der Waals surface area contributed by atoms with Crippen molar-refractivity contribution in [1.82, 2.24) is 10.2 Å². The highest BCUT2D eigenvalue weighted by atomic mass is 16.2. The molecule has 1 aliphatic carbocycles. The minimum absolute atomic E-state index is 0.104. The molecule has 1 aromatic heterocycles. The highest BCUT2D eigenvalue weighted by Gasteiger charge is 2.64. The second-order valence-corrected chi connectivity index (χ2v) is 6.09. The van der Waals surface area contributed by atoms with Gasteiger partial charge in [0.2, 0.25) is 5.91 Å². The van der Waals surface area contributed by atoms with Crippen molar-refractivity contribution in [2.45, 2.75) is 18.8 Å². The van der Waals surface area contributed by atoms with E-state index in [0.29, 0.717) is 0 Å². The molecule has 4 nitrogen and oxygen atoms in total. The lowest BCUT2D eigenvalue weighted by molar-refractivity contribution is -0.118. The first-order valence-electron chi connectivity index (χ1n) is 7.41. The first-order valence-corrected chi connectivity index (χ1v) is 7.41. The van der Waals surface area contributed by atoms with E-state index in [-0.39, 0.29) is 11.8 Å². The number of hydrogen-bond acceptors (Lipinski definition) is 2. The van der Waals surface area contributed by atoms with Gasteiger partial charge in [0.1, 0.15) is 0 Å². The van der Waals surface area contributed by atoms with E-state index in [1.54, 1.807) is 6.20 Å². The Hall–Kier alpha value is -2.62. The molecule has 0 saturated heterocycles. The number of anilines is 1. The third-order valence-corrected chi connectivity index (χ3v) is 4.82. The summed E-state index contributed by atoms with van der Waals surface area (Å²) in [5, 5.41) is 9.91. The Bertz CT molecular complexity index is 817. The molecule has 1 aromatic carbocycles. The molecule has 4 heteroatoms. The highest BCUT2D eigenvalue weighted by molar-refractivity contribution is 6.09. The zero-order valence-electron chi connectivity index (χ0n) is 12.4. The Morgan fingerprint density at radius 3 is 3.05 bits per heavy atom. The largest absolute Gasteiger partial charge is 0.325 e. The van der Waals surface area contributed by atoms with Crippen molar-refractivity contribution >= 4 is 17.7 Å². The summed E-state index contributed by atoms with van der Waals surface area (Å²) in [4.78, 5) is 12.4. The minimum Gasteiger partial charge on any atom is -0.325 e. The van der Waals surface area contributed by atoms with Crippen LogP contribution in [0.25, 0.3) is 6.08 Å². The van der Waals surface area contributed by atoms with E-state index in [2.05, 4.69) is 22.1 Å². The van der Waals surface area contributed by atoms with Crippen LogP contribution in [-0.4, -0.2) is 16.1 Å². The summed E-state index contributed by atoms with van der Waals surface area (Å²) in [6, 6.07) is 7.95. The number of hydrogen-bond donors (Lipinski definition) is 2. The fraction of sp³-hybridized carbons (Fsp3) is 0.222. The van der Waals surface area contributed by atoms with Crippen LogP contribution in [0.5, 0.6) is 0 Å². The SMILES string of the molecule is C=C(C=Cc1cn[nH]c1C)C1CC12C(=O)Nc1ccccc12. The maximum Gasteiger partial charge on any atom is 0.235 e. The summed E-state index contributed by atoms with van der Waals surface area (Å²) < 4.78 is 0. The molecule has 1 spiro atoms. The van der Waals surface area contributed by atoms with Crippen LogP contribution in [0, 0.1) is 12.8 Å². The standard InChI is InChI=1S/C18H17N3O/c1-11(7-8-13-10-19-21-12(13)2)15-9-18(15)14-5-3-4-6-16(14)20-17(18)22/h3-8,10,15H,1,9H2,2H3,(H,19,21)(H,20,22). The number of rotatable bonds is 3. The zero-order chi connectivity index (χ0) is 15.3. The number of aromatic nitrogens is 2. The van der Waals surface area contributed by atoms with Gasteiger partial charge in [0.25, 0.3) is 0 Å². The molecule has 2 aromatic rings. The lowest BCUT2D eigenvalue weighted by Gasteiger charge is -2.08. The van der Waals surface area contributed by atoms with Crippen LogP contribution in [0.2, 0.25) is 0 Å². The Morgan fingerprint density at radius 2 is 2.27 bits per heavy atom. The smallest absolute Gasteiger partial charge is 0.235 e. The fourth-order valence-corrected chi connectivity index (χ4v) is 3.44. The molecular weight excluding hydrogens is 274 g/mol. The molecule has 1 saturated carbocycles. The Morgan fingerprint density at radius 1 is 1.45 bits per heavy atom. The van der Waals surface area contributed by atoms with E-state index >= 15 is 0 Å². The van der Waals surface area contributed by atoms with Crippen LogP contribution in [0.1, 0.15) is 23.2 Å². The number of allylic oxidation sites excluding steroid dienone is 2. The van der Waals surface area contributed by atoms with Gasteiger partial charge in [-0.25, -0.2) is 0 Å². The van der Waals surface area contributed by atoms with E-state index < -0.39 is 5.41 Å². The second kappa shape index (κ2) is 4.44. The maximum atomic E-state index is 12.4. The topological polar surface area (TPSA) is 57.8 Å². The van der Waals surface area contributed by atoms with Gasteiger partial charge in [-0.15, -0.1) is 0 Å². The molecule has 2 heterocycles. The monoisotopic (exact) mass is 291 g/mol. The predicted molar refractivity (Wildman–Crippen MR) is 86.4 cm³/mol. The molecule has 0 radical (unpaired) electrons. The predicted octanol–water partition coefficient (Wildman–Crippen LogP) is 3.20. The number of carbonyl (C=O) groups excluding carboxylic acids is 1. The summed E-state index contributed by atoms with van der Waals surface area (Å²) in [6.07, 6.45) is 6.64. The molecule has 1 aliphatic heterocycles. The van der Waals surface area contributed by atoms with Crippen molar-refractivity contribution in [2.24, 2.45) is 5.92 Å². The number of aryl methyl sites for hydroxylation is 1. The Labute approximate surface area is 128 Å². The molecule has 4 rings (SSSR count). The minimum atomic E-state index is -0.399. The van der Waals surface area contributed by atoms with E-state index in [4.69, 9.17) is 0 Å². The molecule has 2 atom stereocenters. The number of nitrogens with one attached hydrogen (secondary N) is 2. The Balaban J connectivity index is 1.59. The van der Waals surface area contributed by atoms with Crippen LogP contribution in [0.3, 0.4) is 0 Å². The van der Waals surface area contributed by atoms with Crippen molar-refractivity contribution in [3.8, 4) is 0 Å². The summed E-state index contributed by atoms with van der Waals surface area (Å²) >= 11 is 0. The van der Waals surface area contributed by atoms with Gasteiger partial charge in [0.15, 0.2) is 0 Å². The normalized spacial score (nSPS) is 25.5. The van der Waals surface area contributed by atoms with Crippen molar-refractivity contribution in [2.75, 3.05) is 5.32 Å². The number of nitrogens with zero attached hydrogens (tertiary/aromatic N) is 1. The lowest BCUT2D eigenvalue weighted by atomic mass is 9.92. The van der Waals surface area contributed by atoms with Gasteiger partial charge in [-0.3, -0.25) is 9.89 Å². The molecule has 22 heavy (non-hydrogen) atoms. The molecule has 0 bridgehead atoms. The summed E-state index contributed by atoms with van der Waals surface area (Å²) in [5.74, 6) is 0.285. The third kappa shape index (κ3) is 1.70. The van der Waals surface area contributed by atoms with Gasteiger partial charge in [-0.1, -0.05) is 42.5 Å². The van der Waals surface area contributed by atoms with E-state index in [1.165, 1.54) is 0 Å². The molecule has 2 aliphatic rings. The summed E-state index contributed by atoms with van der Waals surface area (Å²) in [5.41, 5.74) is 4.72. The van der Waals surface area contributed by atoms with Crippen LogP contribution >= 0.6 is 0 Å². The van der Waals surface area contributed by atoms with Gasteiger partial charge < -0.3 is 5.32 Å². The summed E-state index contributed by atoms with van der Waals surface area (Å²) in [7, 11) is 0. The van der Waals surface area contributed by atoms with Gasteiger partial charge in [0.05, 0.1) is 11.6 Å². The first-order chi connectivity index (χ1) is 10.6. The number of amides is 1. The van der Waals surface area contributed by atoms with Crippen molar-refractivity contribution in [3.63, 3.8) is 0 Å². The number of aromatic amines is 1. The molecule has 1 fully saturated rings.